The Labute approximate surface area is 149 Å². The van der Waals surface area contributed by atoms with Gasteiger partial charge in [0, 0.05) is 14.2 Å². The molecule has 2 aliphatic rings. The molecule has 0 aromatic carbocycles. The van der Waals surface area contributed by atoms with Crippen LogP contribution in [-0.2, 0) is 28.6 Å². The van der Waals surface area contributed by atoms with Crippen LogP contribution in [0, 0.1) is 0 Å². The SMILES string of the molecule is CO[C@@H]1[C@@H](O)[C@H](O)[C@@H](CO[C@H]2O[C@H](COO)[C@@H](O)[C@H](O)[C@H]2OC)O[C@@H]1O. The quantitative estimate of drug-likeness (QED) is 0.187. The third-order valence-electron chi connectivity index (χ3n) is 4.52. The maximum absolute atomic E-state index is 10.1. The summed E-state index contributed by atoms with van der Waals surface area (Å²) < 4.78 is 26.0. The van der Waals surface area contributed by atoms with E-state index in [1.165, 1.54) is 14.2 Å². The van der Waals surface area contributed by atoms with E-state index in [9.17, 15) is 25.5 Å². The summed E-state index contributed by atoms with van der Waals surface area (Å²) in [5.41, 5.74) is 0. The van der Waals surface area contributed by atoms with Gasteiger partial charge in [-0.05, 0) is 0 Å². The first-order valence-electron chi connectivity index (χ1n) is 8.00. The minimum Gasteiger partial charge on any atom is -0.387 e. The molecule has 2 rings (SSSR count). The molecular formula is C14H26O12. The van der Waals surface area contributed by atoms with Crippen molar-refractivity contribution in [1.29, 1.82) is 0 Å². The van der Waals surface area contributed by atoms with Gasteiger partial charge in [-0.1, -0.05) is 0 Å². The van der Waals surface area contributed by atoms with Crippen LogP contribution in [0.25, 0.3) is 0 Å². The van der Waals surface area contributed by atoms with Crippen LogP contribution in [0.2, 0.25) is 0 Å². The molecule has 10 atom stereocenters. The lowest BCUT2D eigenvalue weighted by molar-refractivity contribution is -0.345. The van der Waals surface area contributed by atoms with Gasteiger partial charge in [0.05, 0.1) is 6.61 Å². The van der Waals surface area contributed by atoms with Gasteiger partial charge in [-0.25, -0.2) is 4.89 Å². The van der Waals surface area contributed by atoms with Gasteiger partial charge in [0.1, 0.15) is 55.4 Å². The molecule has 0 saturated carbocycles. The number of methoxy groups -OCH3 is 2. The van der Waals surface area contributed by atoms with Gasteiger partial charge < -0.3 is 49.2 Å². The number of rotatable bonds is 7. The third kappa shape index (κ3) is 4.49. The molecule has 154 valence electrons. The summed E-state index contributed by atoms with van der Waals surface area (Å²) in [5.74, 6) is 0. The zero-order chi connectivity index (χ0) is 19.4. The molecule has 12 nitrogen and oxygen atoms in total. The van der Waals surface area contributed by atoms with Crippen molar-refractivity contribution in [1.82, 2.24) is 0 Å². The van der Waals surface area contributed by atoms with E-state index in [0.29, 0.717) is 0 Å². The lowest BCUT2D eigenvalue weighted by Gasteiger charge is -2.43. The van der Waals surface area contributed by atoms with Gasteiger partial charge in [-0.2, -0.15) is 0 Å². The molecule has 0 unspecified atom stereocenters. The highest BCUT2D eigenvalue weighted by molar-refractivity contribution is 4.92. The lowest BCUT2D eigenvalue weighted by Crippen LogP contribution is -2.62. The van der Waals surface area contributed by atoms with E-state index < -0.39 is 68.0 Å². The Kier molecular flexibility index (Phi) is 8.08. The first-order valence-corrected chi connectivity index (χ1v) is 8.00. The molecule has 0 amide bonds. The lowest BCUT2D eigenvalue weighted by atomic mass is 9.98. The van der Waals surface area contributed by atoms with Crippen LogP contribution < -0.4 is 0 Å². The van der Waals surface area contributed by atoms with E-state index in [-0.39, 0.29) is 6.61 Å². The second kappa shape index (κ2) is 9.64. The largest absolute Gasteiger partial charge is 0.387 e. The Balaban J connectivity index is 1.99. The Morgan fingerprint density at radius 3 is 1.81 bits per heavy atom. The van der Waals surface area contributed by atoms with Crippen LogP contribution in [0.3, 0.4) is 0 Å². The van der Waals surface area contributed by atoms with Crippen LogP contribution in [0.15, 0.2) is 0 Å². The summed E-state index contributed by atoms with van der Waals surface area (Å²) in [6.07, 6.45) is -12.7. The normalized spacial score (nSPS) is 47.1. The maximum atomic E-state index is 10.1. The molecule has 2 saturated heterocycles. The maximum Gasteiger partial charge on any atom is 0.187 e. The predicted molar refractivity (Wildman–Crippen MR) is 79.7 cm³/mol. The predicted octanol–water partition coefficient (Wildman–Crippen LogP) is -3.59. The van der Waals surface area contributed by atoms with Crippen LogP contribution in [0.4, 0.5) is 0 Å². The number of aliphatic hydroxyl groups excluding tert-OH is 5. The van der Waals surface area contributed by atoms with E-state index in [4.69, 9.17) is 28.9 Å². The summed E-state index contributed by atoms with van der Waals surface area (Å²) in [4.78, 5) is 3.94. The van der Waals surface area contributed by atoms with Crippen LogP contribution in [0.5, 0.6) is 0 Å². The summed E-state index contributed by atoms with van der Waals surface area (Å²) in [7, 11) is 2.52. The van der Waals surface area contributed by atoms with E-state index in [2.05, 4.69) is 4.89 Å². The zero-order valence-corrected chi connectivity index (χ0v) is 14.3. The van der Waals surface area contributed by atoms with Gasteiger partial charge in [0.15, 0.2) is 12.6 Å². The molecule has 0 aliphatic carbocycles. The van der Waals surface area contributed by atoms with E-state index in [1.54, 1.807) is 0 Å². The Morgan fingerprint density at radius 1 is 0.731 bits per heavy atom. The fourth-order valence-corrected chi connectivity index (χ4v) is 3.00. The average molecular weight is 386 g/mol. The van der Waals surface area contributed by atoms with Crippen molar-refractivity contribution in [3.63, 3.8) is 0 Å². The fraction of sp³-hybridized carbons (Fsp3) is 1.00. The van der Waals surface area contributed by atoms with Crippen molar-refractivity contribution in [2.24, 2.45) is 0 Å². The van der Waals surface area contributed by atoms with Crippen molar-refractivity contribution in [2.75, 3.05) is 27.4 Å². The number of hydrogen-bond donors (Lipinski definition) is 6. The highest BCUT2D eigenvalue weighted by Crippen LogP contribution is 2.27. The highest BCUT2D eigenvalue weighted by atomic mass is 17.1. The summed E-state index contributed by atoms with van der Waals surface area (Å²) in [6, 6.07) is 0. The molecule has 0 radical (unpaired) electrons. The Bertz CT molecular complexity index is 423. The molecule has 26 heavy (non-hydrogen) atoms. The van der Waals surface area contributed by atoms with Gasteiger partial charge in [0.25, 0.3) is 0 Å². The van der Waals surface area contributed by atoms with Crippen molar-refractivity contribution in [3.05, 3.63) is 0 Å². The molecule has 2 heterocycles. The molecule has 0 aromatic rings. The Hall–Kier alpha value is -0.480. The monoisotopic (exact) mass is 386 g/mol. The molecule has 0 bridgehead atoms. The standard InChI is InChI=1S/C14H26O12/c1-21-11-9(17)7(15)5(25-13(11)19)3-23-14-12(22-2)10(18)8(16)6(26-14)4-24-20/h5-20H,3-4H2,1-2H3/t5-,6-,7-,8-,9+,10+,11-,12-,13+,14+/m1/s1. The minimum absolute atomic E-state index is 0.342. The molecule has 0 aromatic heterocycles. The summed E-state index contributed by atoms with van der Waals surface area (Å²) in [6.45, 7) is -0.768. The first kappa shape index (κ1) is 21.8. The molecule has 2 fully saturated rings. The van der Waals surface area contributed by atoms with Gasteiger partial charge in [-0.15, -0.1) is 0 Å². The van der Waals surface area contributed by atoms with E-state index in [1.807, 2.05) is 0 Å². The molecule has 12 heteroatoms. The zero-order valence-electron chi connectivity index (χ0n) is 14.3. The van der Waals surface area contributed by atoms with E-state index in [0.717, 1.165) is 0 Å². The van der Waals surface area contributed by atoms with Gasteiger partial charge in [-0.3, -0.25) is 5.26 Å². The molecule has 6 N–H and O–H groups in total. The van der Waals surface area contributed by atoms with Gasteiger partial charge in [0.2, 0.25) is 0 Å². The number of hydrogen-bond acceptors (Lipinski definition) is 12. The van der Waals surface area contributed by atoms with Gasteiger partial charge >= 0.3 is 0 Å². The topological polar surface area (TPSA) is 177 Å². The first-order chi connectivity index (χ1) is 12.3. The van der Waals surface area contributed by atoms with Crippen molar-refractivity contribution >= 4 is 0 Å². The van der Waals surface area contributed by atoms with Crippen LogP contribution >= 0.6 is 0 Å². The van der Waals surface area contributed by atoms with E-state index >= 15 is 0 Å². The van der Waals surface area contributed by atoms with Crippen LogP contribution in [-0.4, -0.2) is 120 Å². The smallest absolute Gasteiger partial charge is 0.187 e. The highest BCUT2D eigenvalue weighted by Gasteiger charge is 2.48. The second-order valence-electron chi connectivity index (χ2n) is 6.10. The Morgan fingerprint density at radius 2 is 1.27 bits per heavy atom. The third-order valence-corrected chi connectivity index (χ3v) is 4.52. The summed E-state index contributed by atoms with van der Waals surface area (Å²) >= 11 is 0. The molecular weight excluding hydrogens is 360 g/mol. The molecule has 0 spiro atoms. The number of ether oxygens (including phenoxy) is 5. The average Bonchev–Trinajstić information content (AvgIpc) is 2.61. The van der Waals surface area contributed by atoms with Crippen LogP contribution in [0.1, 0.15) is 0 Å². The second-order valence-corrected chi connectivity index (χ2v) is 6.10. The minimum atomic E-state index is -1.49. The fourth-order valence-electron chi connectivity index (χ4n) is 3.00. The van der Waals surface area contributed by atoms with Crippen molar-refractivity contribution < 1.29 is 59.4 Å². The molecule has 2 aliphatic heterocycles. The summed E-state index contributed by atoms with van der Waals surface area (Å²) in [5, 5.41) is 58.4. The van der Waals surface area contributed by atoms with Crippen molar-refractivity contribution in [3.8, 4) is 0 Å². The number of aliphatic hydroxyl groups is 5. The van der Waals surface area contributed by atoms with Crippen molar-refractivity contribution in [2.45, 2.75) is 61.4 Å².